The van der Waals surface area contributed by atoms with E-state index < -0.39 is 8.80 Å². The van der Waals surface area contributed by atoms with Crippen molar-refractivity contribution in [2.45, 2.75) is 39.8 Å². The van der Waals surface area contributed by atoms with E-state index in [0.717, 1.165) is 0 Å². The maximum atomic E-state index is 8.55. The lowest BCUT2D eigenvalue weighted by Gasteiger charge is -2.32. The number of rotatable bonds is 9. The molecular formula is C9H21N3O3Si. The molecule has 0 amide bonds. The minimum absolute atomic E-state index is 0.350. The van der Waals surface area contributed by atoms with Crippen LogP contribution < -0.4 is 0 Å². The van der Waals surface area contributed by atoms with Crippen LogP contribution in [-0.2, 0) is 13.3 Å². The highest BCUT2D eigenvalue weighted by Crippen LogP contribution is 2.20. The zero-order chi connectivity index (χ0) is 12.4. The summed E-state index contributed by atoms with van der Waals surface area (Å²) in [5, 5.41) is 3.74. The van der Waals surface area contributed by atoms with Gasteiger partial charge in [0, 0.05) is 24.7 Å². The first kappa shape index (κ1) is 15.4. The lowest BCUT2D eigenvalue weighted by molar-refractivity contribution is 0.0619. The summed E-state index contributed by atoms with van der Waals surface area (Å²) >= 11 is 0. The van der Waals surface area contributed by atoms with Crippen LogP contribution in [0.25, 0.3) is 10.4 Å². The quantitative estimate of drug-likeness (QED) is 0.272. The molecule has 0 bridgehead atoms. The Kier molecular flexibility index (Phi) is 8.23. The Hall–Kier alpha value is -0.593. The van der Waals surface area contributed by atoms with Gasteiger partial charge in [0.25, 0.3) is 0 Å². The van der Waals surface area contributed by atoms with E-state index in [0.29, 0.717) is 26.2 Å². The second-order valence-electron chi connectivity index (χ2n) is 3.03. The molecular weight excluding hydrogens is 226 g/mol. The van der Waals surface area contributed by atoms with Crippen molar-refractivity contribution in [3.63, 3.8) is 0 Å². The van der Waals surface area contributed by atoms with E-state index in [-0.39, 0.29) is 5.67 Å². The molecule has 16 heavy (non-hydrogen) atoms. The maximum Gasteiger partial charge on any atom is 0.510 e. The molecule has 0 aromatic carbocycles. The smallest absolute Gasteiger partial charge is 0.374 e. The average molecular weight is 247 g/mol. The van der Waals surface area contributed by atoms with E-state index in [9.17, 15) is 0 Å². The predicted molar refractivity (Wildman–Crippen MR) is 63.9 cm³/mol. The van der Waals surface area contributed by atoms with E-state index >= 15 is 0 Å². The Balaban J connectivity index is 5.00. The first-order valence-corrected chi connectivity index (χ1v) is 7.46. The van der Waals surface area contributed by atoms with Crippen LogP contribution in [0.1, 0.15) is 34.1 Å². The van der Waals surface area contributed by atoms with Crippen LogP contribution >= 0.6 is 0 Å². The van der Waals surface area contributed by atoms with Crippen LogP contribution in [-0.4, -0.2) is 34.3 Å². The molecule has 0 radical (unpaired) electrons. The second-order valence-corrected chi connectivity index (χ2v) is 5.77. The fraction of sp³-hybridized carbons (Fsp3) is 1.00. The van der Waals surface area contributed by atoms with Crippen LogP contribution in [0.3, 0.4) is 0 Å². The molecule has 0 spiro atoms. The van der Waals surface area contributed by atoms with Gasteiger partial charge in [-0.25, -0.2) is 0 Å². The normalized spacial score (nSPS) is 13.2. The topological polar surface area (TPSA) is 76.5 Å². The van der Waals surface area contributed by atoms with Crippen LogP contribution in [0.15, 0.2) is 5.11 Å². The van der Waals surface area contributed by atoms with Crippen molar-refractivity contribution in [1.29, 1.82) is 0 Å². The van der Waals surface area contributed by atoms with Gasteiger partial charge in [-0.3, -0.25) is 0 Å². The van der Waals surface area contributed by atoms with Gasteiger partial charge in [-0.15, -0.1) is 0 Å². The molecule has 1 unspecified atom stereocenters. The Bertz CT molecular complexity index is 217. The highest BCUT2D eigenvalue weighted by Gasteiger charge is 2.48. The van der Waals surface area contributed by atoms with E-state index in [1.165, 1.54) is 0 Å². The fourth-order valence-corrected chi connectivity index (χ4v) is 4.21. The average Bonchev–Trinajstić information content (AvgIpc) is 2.26. The minimum Gasteiger partial charge on any atom is -0.374 e. The van der Waals surface area contributed by atoms with Crippen molar-refractivity contribution in [1.82, 2.24) is 0 Å². The Labute approximate surface area is 97.9 Å². The molecule has 94 valence electrons. The summed E-state index contributed by atoms with van der Waals surface area (Å²) in [7, 11) is -2.87. The van der Waals surface area contributed by atoms with Gasteiger partial charge in [0.2, 0.25) is 0 Å². The molecule has 0 saturated heterocycles. The highest BCUT2D eigenvalue weighted by atomic mass is 28.4. The van der Waals surface area contributed by atoms with Crippen molar-refractivity contribution in [3.8, 4) is 0 Å². The molecule has 0 fully saturated rings. The van der Waals surface area contributed by atoms with Crippen molar-refractivity contribution < 1.29 is 13.3 Å². The molecule has 1 atom stereocenters. The fourth-order valence-electron chi connectivity index (χ4n) is 1.48. The highest BCUT2D eigenvalue weighted by molar-refractivity contribution is 6.62. The minimum atomic E-state index is -2.87. The molecule has 0 N–H and O–H groups in total. The Morgan fingerprint density at radius 3 is 1.75 bits per heavy atom. The van der Waals surface area contributed by atoms with Crippen LogP contribution in [0.4, 0.5) is 0 Å². The zero-order valence-corrected chi connectivity index (χ0v) is 11.5. The Morgan fingerprint density at radius 2 is 1.50 bits per heavy atom. The van der Waals surface area contributed by atoms with Crippen LogP contribution in [0.5, 0.6) is 0 Å². The monoisotopic (exact) mass is 247 g/mol. The van der Waals surface area contributed by atoms with Gasteiger partial charge in [0.1, 0.15) is 5.67 Å². The largest absolute Gasteiger partial charge is 0.510 e. The van der Waals surface area contributed by atoms with Gasteiger partial charge >= 0.3 is 8.80 Å². The number of nitrogens with zero attached hydrogens (tertiary/aromatic N) is 3. The summed E-state index contributed by atoms with van der Waals surface area (Å²) in [6.45, 7) is 9.03. The summed E-state index contributed by atoms with van der Waals surface area (Å²) < 4.78 is 16.9. The SMILES string of the molecule is CCO[Si](OCC)(OCC)C(CC)N=[N+]=[N-]. The van der Waals surface area contributed by atoms with Crippen molar-refractivity contribution >= 4 is 8.80 Å². The second kappa shape index (κ2) is 8.55. The molecule has 6 nitrogen and oxygen atoms in total. The van der Waals surface area contributed by atoms with E-state index in [4.69, 9.17) is 18.8 Å². The maximum absolute atomic E-state index is 8.55. The van der Waals surface area contributed by atoms with Gasteiger partial charge in [-0.2, -0.15) is 0 Å². The number of azide groups is 1. The van der Waals surface area contributed by atoms with Gasteiger partial charge in [-0.05, 0) is 32.7 Å². The van der Waals surface area contributed by atoms with Crippen molar-refractivity contribution in [2.24, 2.45) is 5.11 Å². The molecule has 0 saturated carbocycles. The number of hydrogen-bond acceptors (Lipinski definition) is 4. The summed E-state index contributed by atoms with van der Waals surface area (Å²) in [4.78, 5) is 2.84. The number of hydrogen-bond donors (Lipinski definition) is 0. The molecule has 0 aliphatic heterocycles. The molecule has 0 aliphatic rings. The standard InChI is InChI=1S/C9H21N3O3Si/c1-5-9(11-12-10)16(13-6-2,14-7-3)15-8-4/h9H,5-8H2,1-4H3. The van der Waals surface area contributed by atoms with E-state index in [2.05, 4.69) is 10.0 Å². The summed E-state index contributed by atoms with van der Waals surface area (Å²) in [6.07, 6.45) is 0.649. The zero-order valence-electron chi connectivity index (χ0n) is 10.5. The van der Waals surface area contributed by atoms with Crippen LogP contribution in [0.2, 0.25) is 0 Å². The third-order valence-corrected chi connectivity index (χ3v) is 5.44. The molecule has 0 aromatic heterocycles. The van der Waals surface area contributed by atoms with Gasteiger partial charge in [-0.1, -0.05) is 12.0 Å². The van der Waals surface area contributed by atoms with Crippen molar-refractivity contribution in [2.75, 3.05) is 19.8 Å². The van der Waals surface area contributed by atoms with E-state index in [1.807, 2.05) is 27.7 Å². The Morgan fingerprint density at radius 1 is 1.06 bits per heavy atom. The molecule has 0 aliphatic carbocycles. The first-order chi connectivity index (χ1) is 7.70. The van der Waals surface area contributed by atoms with Crippen LogP contribution in [0, 0.1) is 0 Å². The lowest BCUT2D eigenvalue weighted by Crippen LogP contribution is -2.55. The van der Waals surface area contributed by atoms with E-state index in [1.54, 1.807) is 0 Å². The molecule has 0 heterocycles. The lowest BCUT2D eigenvalue weighted by atomic mass is 10.5. The molecule has 7 heteroatoms. The van der Waals surface area contributed by atoms with Gasteiger partial charge in [0.15, 0.2) is 0 Å². The predicted octanol–water partition coefficient (Wildman–Crippen LogP) is 2.66. The first-order valence-electron chi connectivity index (χ1n) is 5.66. The third kappa shape index (κ3) is 4.11. The third-order valence-electron chi connectivity index (χ3n) is 2.02. The van der Waals surface area contributed by atoms with Crippen molar-refractivity contribution in [3.05, 3.63) is 10.4 Å². The summed E-state index contributed by atoms with van der Waals surface area (Å²) in [5.74, 6) is 0. The molecule has 0 rings (SSSR count). The molecule has 0 aromatic rings. The summed E-state index contributed by atoms with van der Waals surface area (Å²) in [5.41, 5.74) is 8.20. The summed E-state index contributed by atoms with van der Waals surface area (Å²) in [6, 6.07) is 0. The van der Waals surface area contributed by atoms with Gasteiger partial charge in [0.05, 0.1) is 0 Å². The van der Waals surface area contributed by atoms with Gasteiger partial charge < -0.3 is 13.3 Å².